The average molecular weight is 271 g/mol. The van der Waals surface area contributed by atoms with E-state index < -0.39 is 5.97 Å². The fourth-order valence-electron chi connectivity index (χ4n) is 2.62. The minimum absolute atomic E-state index is 0.347. The molecule has 20 heavy (non-hydrogen) atoms. The maximum atomic E-state index is 11.1. The lowest BCUT2D eigenvalue weighted by molar-refractivity contribution is 0.0697. The highest BCUT2D eigenvalue weighted by atomic mass is 16.4. The van der Waals surface area contributed by atoms with Crippen molar-refractivity contribution in [1.82, 2.24) is 9.78 Å². The van der Waals surface area contributed by atoms with E-state index in [0.717, 1.165) is 37.3 Å². The Bertz CT molecular complexity index is 648. The van der Waals surface area contributed by atoms with Crippen LogP contribution >= 0.6 is 0 Å². The number of hydrogen-bond acceptors (Lipinski definition) is 3. The van der Waals surface area contributed by atoms with Crippen molar-refractivity contribution in [3.8, 4) is 0 Å². The molecule has 0 saturated carbocycles. The number of aryl methyl sites for hydroxylation is 1. The molecule has 2 heterocycles. The first kappa shape index (κ1) is 12.7. The second-order valence-corrected chi connectivity index (χ2v) is 5.02. The lowest BCUT2D eigenvalue weighted by atomic mass is 10.1. The minimum Gasteiger partial charge on any atom is -0.478 e. The third-order valence-electron chi connectivity index (χ3n) is 3.71. The van der Waals surface area contributed by atoms with Gasteiger partial charge in [0.25, 0.3) is 0 Å². The van der Waals surface area contributed by atoms with E-state index in [1.165, 1.54) is 5.56 Å². The molecule has 104 valence electrons. The molecule has 5 nitrogen and oxygen atoms in total. The maximum Gasteiger partial charge on any atom is 0.335 e. The van der Waals surface area contributed by atoms with Gasteiger partial charge < -0.3 is 10.0 Å². The molecule has 0 spiro atoms. The van der Waals surface area contributed by atoms with E-state index >= 15 is 0 Å². The Morgan fingerprint density at radius 1 is 1.45 bits per heavy atom. The molecular formula is C15H17N3O2. The van der Waals surface area contributed by atoms with E-state index in [-0.39, 0.29) is 0 Å². The zero-order valence-electron chi connectivity index (χ0n) is 11.4. The highest BCUT2D eigenvalue weighted by molar-refractivity contribution is 5.89. The Morgan fingerprint density at radius 3 is 3.00 bits per heavy atom. The second kappa shape index (κ2) is 5.00. The van der Waals surface area contributed by atoms with Gasteiger partial charge in [-0.2, -0.15) is 5.10 Å². The van der Waals surface area contributed by atoms with Crippen LogP contribution in [0.5, 0.6) is 0 Å². The molecule has 5 heteroatoms. The average Bonchev–Trinajstić information content (AvgIpc) is 3.06. The van der Waals surface area contributed by atoms with E-state index in [1.54, 1.807) is 12.1 Å². The van der Waals surface area contributed by atoms with Crippen LogP contribution in [0.4, 0.5) is 5.69 Å². The number of aromatic carboxylic acids is 1. The molecule has 3 rings (SSSR count). The number of nitrogens with zero attached hydrogens (tertiary/aromatic N) is 3. The Kier molecular flexibility index (Phi) is 3.18. The highest BCUT2D eigenvalue weighted by Crippen LogP contribution is 2.30. The zero-order chi connectivity index (χ0) is 14.1. The molecule has 0 saturated heterocycles. The predicted octanol–water partition coefficient (Wildman–Crippen LogP) is 2.16. The van der Waals surface area contributed by atoms with Gasteiger partial charge in [-0.1, -0.05) is 6.07 Å². The van der Waals surface area contributed by atoms with Gasteiger partial charge in [0.05, 0.1) is 11.8 Å². The number of carboxylic acid groups (broad SMARTS) is 1. The molecule has 0 aliphatic carbocycles. The Balaban J connectivity index is 1.84. The largest absolute Gasteiger partial charge is 0.478 e. The maximum absolute atomic E-state index is 11.1. The molecule has 0 bridgehead atoms. The first-order chi connectivity index (χ1) is 9.67. The van der Waals surface area contributed by atoms with Crippen LogP contribution in [-0.4, -0.2) is 27.4 Å². The first-order valence-corrected chi connectivity index (χ1v) is 6.80. The van der Waals surface area contributed by atoms with Gasteiger partial charge in [0, 0.05) is 37.1 Å². The molecule has 0 amide bonds. The van der Waals surface area contributed by atoms with Crippen LogP contribution in [0.25, 0.3) is 0 Å². The van der Waals surface area contributed by atoms with Crippen LogP contribution < -0.4 is 4.90 Å². The lowest BCUT2D eigenvalue weighted by Crippen LogP contribution is -2.19. The van der Waals surface area contributed by atoms with E-state index in [9.17, 15) is 4.79 Å². The Hall–Kier alpha value is -2.30. The molecule has 0 unspecified atom stereocenters. The summed E-state index contributed by atoms with van der Waals surface area (Å²) in [4.78, 5) is 13.3. The molecule has 1 aromatic heterocycles. The van der Waals surface area contributed by atoms with Crippen molar-refractivity contribution >= 4 is 11.7 Å². The van der Waals surface area contributed by atoms with Crippen LogP contribution in [-0.2, 0) is 19.5 Å². The molecule has 2 aromatic rings. The number of rotatable bonds is 4. The SMILES string of the molecule is CCn1cc(CN2CCc3ccc(C(=O)O)cc32)cn1. The minimum atomic E-state index is -0.876. The van der Waals surface area contributed by atoms with Gasteiger partial charge in [0.15, 0.2) is 0 Å². The fraction of sp³-hybridized carbons (Fsp3) is 0.333. The van der Waals surface area contributed by atoms with Crippen molar-refractivity contribution in [3.05, 3.63) is 47.3 Å². The van der Waals surface area contributed by atoms with Gasteiger partial charge in [-0.25, -0.2) is 4.79 Å². The number of aromatic nitrogens is 2. The Morgan fingerprint density at radius 2 is 2.30 bits per heavy atom. The molecular weight excluding hydrogens is 254 g/mol. The number of carbonyl (C=O) groups is 1. The smallest absolute Gasteiger partial charge is 0.335 e. The predicted molar refractivity (Wildman–Crippen MR) is 76.1 cm³/mol. The molecule has 1 N–H and O–H groups in total. The van der Waals surface area contributed by atoms with Crippen molar-refractivity contribution in [2.45, 2.75) is 26.4 Å². The van der Waals surface area contributed by atoms with Crippen LogP contribution in [0.3, 0.4) is 0 Å². The summed E-state index contributed by atoms with van der Waals surface area (Å²) in [5, 5.41) is 13.4. The molecule has 1 aliphatic heterocycles. The number of anilines is 1. The highest BCUT2D eigenvalue weighted by Gasteiger charge is 2.21. The first-order valence-electron chi connectivity index (χ1n) is 6.80. The van der Waals surface area contributed by atoms with E-state index in [4.69, 9.17) is 5.11 Å². The monoisotopic (exact) mass is 271 g/mol. The van der Waals surface area contributed by atoms with Crippen molar-refractivity contribution in [2.75, 3.05) is 11.4 Å². The molecule has 0 fully saturated rings. The van der Waals surface area contributed by atoms with Crippen molar-refractivity contribution in [1.29, 1.82) is 0 Å². The second-order valence-electron chi connectivity index (χ2n) is 5.02. The van der Waals surface area contributed by atoms with Crippen molar-refractivity contribution in [2.24, 2.45) is 0 Å². The lowest BCUT2D eigenvalue weighted by Gasteiger charge is -2.18. The topological polar surface area (TPSA) is 58.4 Å². The molecule has 0 atom stereocenters. The summed E-state index contributed by atoms with van der Waals surface area (Å²) in [7, 11) is 0. The molecule has 0 radical (unpaired) electrons. The van der Waals surface area contributed by atoms with Gasteiger partial charge in [-0.15, -0.1) is 0 Å². The van der Waals surface area contributed by atoms with E-state index in [2.05, 4.69) is 16.9 Å². The summed E-state index contributed by atoms with van der Waals surface area (Å²) in [6, 6.07) is 5.38. The van der Waals surface area contributed by atoms with Crippen LogP contribution in [0, 0.1) is 0 Å². The molecule has 1 aliphatic rings. The number of hydrogen-bond donors (Lipinski definition) is 1. The van der Waals surface area contributed by atoms with Crippen molar-refractivity contribution in [3.63, 3.8) is 0 Å². The van der Waals surface area contributed by atoms with E-state index in [0.29, 0.717) is 5.56 Å². The van der Waals surface area contributed by atoms with Gasteiger partial charge >= 0.3 is 5.97 Å². The van der Waals surface area contributed by atoms with Gasteiger partial charge in [-0.05, 0) is 31.0 Å². The summed E-state index contributed by atoms with van der Waals surface area (Å²) >= 11 is 0. The number of benzene rings is 1. The summed E-state index contributed by atoms with van der Waals surface area (Å²) < 4.78 is 1.90. The molecule has 1 aromatic carbocycles. The van der Waals surface area contributed by atoms with Crippen LogP contribution in [0.1, 0.15) is 28.4 Å². The standard InChI is InChI=1S/C15H17N3O2/c1-2-18-10-11(8-16-18)9-17-6-5-12-3-4-13(15(19)20)7-14(12)17/h3-4,7-8,10H,2,5-6,9H2,1H3,(H,19,20). The normalized spacial score (nSPS) is 13.6. The zero-order valence-corrected chi connectivity index (χ0v) is 11.4. The summed E-state index contributed by atoms with van der Waals surface area (Å²) in [5.74, 6) is -0.876. The van der Waals surface area contributed by atoms with Crippen molar-refractivity contribution < 1.29 is 9.90 Å². The quantitative estimate of drug-likeness (QED) is 0.925. The number of fused-ring (bicyclic) bond motifs is 1. The Labute approximate surface area is 117 Å². The van der Waals surface area contributed by atoms with Crippen LogP contribution in [0.2, 0.25) is 0 Å². The van der Waals surface area contributed by atoms with Gasteiger partial charge in [0.2, 0.25) is 0 Å². The van der Waals surface area contributed by atoms with E-state index in [1.807, 2.05) is 23.1 Å². The summed E-state index contributed by atoms with van der Waals surface area (Å²) in [6.45, 7) is 4.62. The summed E-state index contributed by atoms with van der Waals surface area (Å²) in [5.41, 5.74) is 3.76. The van der Waals surface area contributed by atoms with Gasteiger partial charge in [-0.3, -0.25) is 4.68 Å². The fourth-order valence-corrected chi connectivity index (χ4v) is 2.62. The third kappa shape index (κ3) is 2.27. The summed E-state index contributed by atoms with van der Waals surface area (Å²) in [6.07, 6.45) is 4.89. The van der Waals surface area contributed by atoms with Crippen LogP contribution in [0.15, 0.2) is 30.6 Å². The van der Waals surface area contributed by atoms with Gasteiger partial charge in [0.1, 0.15) is 0 Å². The third-order valence-corrected chi connectivity index (χ3v) is 3.71. The number of carboxylic acids is 1.